The Hall–Kier alpha value is -1.43. The molecule has 0 aliphatic rings. The summed E-state index contributed by atoms with van der Waals surface area (Å²) in [6.45, 7) is 2.85. The Morgan fingerprint density at radius 2 is 2.00 bits per heavy atom. The van der Waals surface area contributed by atoms with E-state index in [4.69, 9.17) is 27.9 Å². The van der Waals surface area contributed by atoms with E-state index >= 15 is 0 Å². The fourth-order valence-electron chi connectivity index (χ4n) is 1.94. The van der Waals surface area contributed by atoms with E-state index in [1.165, 1.54) is 0 Å². The molecular formula is C17H17BrCl2N2O2. The zero-order chi connectivity index (χ0) is 17.5. The van der Waals surface area contributed by atoms with Gasteiger partial charge in [0.15, 0.2) is 0 Å². The lowest BCUT2D eigenvalue weighted by molar-refractivity contribution is 0.250. The molecule has 2 amide bonds. The molecular weight excluding hydrogens is 415 g/mol. The molecule has 0 atom stereocenters. The molecule has 0 aromatic heterocycles. The zero-order valence-corrected chi connectivity index (χ0v) is 16.1. The Kier molecular flexibility index (Phi) is 7.21. The van der Waals surface area contributed by atoms with Crippen LogP contribution in [0.1, 0.15) is 12.0 Å². The summed E-state index contributed by atoms with van der Waals surface area (Å²) in [7, 11) is 0. The second-order valence-electron chi connectivity index (χ2n) is 5.12. The molecule has 2 N–H and O–H groups in total. The third kappa shape index (κ3) is 5.89. The molecule has 0 heterocycles. The van der Waals surface area contributed by atoms with Gasteiger partial charge in [0.1, 0.15) is 5.75 Å². The lowest BCUT2D eigenvalue weighted by Crippen LogP contribution is -2.30. The Bertz CT molecular complexity index is 726. The lowest BCUT2D eigenvalue weighted by Gasteiger charge is -2.11. The molecule has 0 spiro atoms. The van der Waals surface area contributed by atoms with E-state index in [0.717, 1.165) is 10.0 Å². The minimum Gasteiger partial charge on any atom is -0.492 e. The summed E-state index contributed by atoms with van der Waals surface area (Å²) in [5.41, 5.74) is 1.64. The van der Waals surface area contributed by atoms with Gasteiger partial charge in [-0.05, 0) is 49.2 Å². The average molecular weight is 432 g/mol. The van der Waals surface area contributed by atoms with Crippen LogP contribution in [-0.4, -0.2) is 19.2 Å². The van der Waals surface area contributed by atoms with E-state index in [2.05, 4.69) is 26.6 Å². The first-order chi connectivity index (χ1) is 11.5. The van der Waals surface area contributed by atoms with Crippen LogP contribution in [0.3, 0.4) is 0 Å². The van der Waals surface area contributed by atoms with Gasteiger partial charge in [0, 0.05) is 21.7 Å². The molecule has 2 rings (SSSR count). The lowest BCUT2D eigenvalue weighted by atomic mass is 10.2. The van der Waals surface area contributed by atoms with Crippen molar-refractivity contribution in [3.63, 3.8) is 0 Å². The van der Waals surface area contributed by atoms with Gasteiger partial charge >= 0.3 is 6.03 Å². The van der Waals surface area contributed by atoms with Gasteiger partial charge in [-0.1, -0.05) is 45.2 Å². The summed E-state index contributed by atoms with van der Waals surface area (Å²) in [5, 5.41) is 6.67. The van der Waals surface area contributed by atoms with Crippen molar-refractivity contribution in [2.24, 2.45) is 0 Å². The van der Waals surface area contributed by atoms with Crippen LogP contribution in [0.4, 0.5) is 10.5 Å². The molecule has 0 unspecified atom stereocenters. The van der Waals surface area contributed by atoms with E-state index < -0.39 is 0 Å². The maximum atomic E-state index is 11.9. The largest absolute Gasteiger partial charge is 0.492 e. The minimum absolute atomic E-state index is 0.276. The number of carbonyl (C=O) groups is 1. The van der Waals surface area contributed by atoms with Crippen LogP contribution in [0.15, 0.2) is 40.9 Å². The van der Waals surface area contributed by atoms with Gasteiger partial charge in [0.2, 0.25) is 0 Å². The number of anilines is 1. The quantitative estimate of drug-likeness (QED) is 0.580. The fraction of sp³-hybridized carbons (Fsp3) is 0.235. The molecule has 24 heavy (non-hydrogen) atoms. The highest BCUT2D eigenvalue weighted by molar-refractivity contribution is 9.10. The number of hydrogen-bond acceptors (Lipinski definition) is 2. The number of rotatable bonds is 6. The van der Waals surface area contributed by atoms with E-state index in [9.17, 15) is 4.79 Å². The van der Waals surface area contributed by atoms with Gasteiger partial charge in [-0.3, -0.25) is 0 Å². The number of nitrogens with one attached hydrogen (secondary N) is 2. The third-order valence-corrected chi connectivity index (χ3v) is 4.23. The fourth-order valence-corrected chi connectivity index (χ4v) is 2.84. The molecule has 4 nitrogen and oxygen atoms in total. The SMILES string of the molecule is Cc1ccc(Cl)cc1NC(=O)NCCCOc1ccc(Br)cc1Cl. The first kappa shape index (κ1) is 18.9. The first-order valence-electron chi connectivity index (χ1n) is 7.34. The van der Waals surface area contributed by atoms with Crippen molar-refractivity contribution < 1.29 is 9.53 Å². The van der Waals surface area contributed by atoms with Crippen molar-refractivity contribution in [3.05, 3.63) is 56.5 Å². The number of hydrogen-bond donors (Lipinski definition) is 2. The monoisotopic (exact) mass is 430 g/mol. The molecule has 2 aromatic carbocycles. The van der Waals surface area contributed by atoms with Crippen LogP contribution in [0, 0.1) is 6.92 Å². The molecule has 0 aliphatic carbocycles. The molecule has 7 heteroatoms. The summed E-state index contributed by atoms with van der Waals surface area (Å²) in [6, 6.07) is 10.5. The standard InChI is InChI=1S/C17H17BrCl2N2O2/c1-11-3-5-13(19)10-15(11)22-17(23)21-7-2-8-24-16-6-4-12(18)9-14(16)20/h3-6,9-10H,2,7-8H2,1H3,(H2,21,22,23). The summed E-state index contributed by atoms with van der Waals surface area (Å²) in [6.07, 6.45) is 0.661. The molecule has 0 aliphatic heterocycles. The number of urea groups is 1. The third-order valence-electron chi connectivity index (χ3n) is 3.21. The Labute approximate surface area is 159 Å². The zero-order valence-electron chi connectivity index (χ0n) is 13.0. The van der Waals surface area contributed by atoms with Crippen molar-refractivity contribution in [2.75, 3.05) is 18.5 Å². The number of ether oxygens (including phenoxy) is 1. The van der Waals surface area contributed by atoms with E-state index in [1.807, 2.05) is 19.1 Å². The maximum Gasteiger partial charge on any atom is 0.319 e. The highest BCUT2D eigenvalue weighted by atomic mass is 79.9. The molecule has 2 aromatic rings. The molecule has 0 saturated carbocycles. The van der Waals surface area contributed by atoms with Crippen molar-refractivity contribution in [2.45, 2.75) is 13.3 Å². The topological polar surface area (TPSA) is 50.4 Å². The molecule has 0 bridgehead atoms. The van der Waals surface area contributed by atoms with Gasteiger partial charge < -0.3 is 15.4 Å². The van der Waals surface area contributed by atoms with Crippen LogP contribution < -0.4 is 15.4 Å². The van der Waals surface area contributed by atoms with Crippen LogP contribution in [-0.2, 0) is 0 Å². The Morgan fingerprint density at radius 3 is 2.75 bits per heavy atom. The second kappa shape index (κ2) is 9.16. The predicted octanol–water partition coefficient (Wildman–Crippen LogP) is 5.65. The summed E-state index contributed by atoms with van der Waals surface area (Å²) < 4.78 is 6.48. The van der Waals surface area contributed by atoms with Crippen LogP contribution in [0.5, 0.6) is 5.75 Å². The smallest absolute Gasteiger partial charge is 0.319 e. The number of halogens is 3. The van der Waals surface area contributed by atoms with Crippen molar-refractivity contribution in [1.82, 2.24) is 5.32 Å². The summed E-state index contributed by atoms with van der Waals surface area (Å²) >= 11 is 15.3. The van der Waals surface area contributed by atoms with E-state index in [1.54, 1.807) is 24.3 Å². The summed E-state index contributed by atoms with van der Waals surface area (Å²) in [4.78, 5) is 11.9. The highest BCUT2D eigenvalue weighted by Crippen LogP contribution is 2.27. The number of amides is 2. The van der Waals surface area contributed by atoms with Crippen molar-refractivity contribution >= 4 is 50.9 Å². The van der Waals surface area contributed by atoms with Gasteiger partial charge in [-0.15, -0.1) is 0 Å². The van der Waals surface area contributed by atoms with E-state index in [0.29, 0.717) is 41.1 Å². The van der Waals surface area contributed by atoms with Crippen LogP contribution in [0.25, 0.3) is 0 Å². The average Bonchev–Trinajstić information content (AvgIpc) is 2.52. The normalized spacial score (nSPS) is 10.3. The number of carbonyl (C=O) groups excluding carboxylic acids is 1. The number of benzene rings is 2. The minimum atomic E-state index is -0.276. The van der Waals surface area contributed by atoms with Crippen LogP contribution >= 0.6 is 39.1 Å². The van der Waals surface area contributed by atoms with Gasteiger partial charge in [-0.2, -0.15) is 0 Å². The Morgan fingerprint density at radius 1 is 1.21 bits per heavy atom. The predicted molar refractivity (Wildman–Crippen MR) is 102 cm³/mol. The highest BCUT2D eigenvalue weighted by Gasteiger charge is 2.05. The molecule has 0 radical (unpaired) electrons. The van der Waals surface area contributed by atoms with Crippen molar-refractivity contribution in [3.8, 4) is 5.75 Å². The Balaban J connectivity index is 1.70. The van der Waals surface area contributed by atoms with E-state index in [-0.39, 0.29) is 6.03 Å². The van der Waals surface area contributed by atoms with Gasteiger partial charge in [0.25, 0.3) is 0 Å². The maximum absolute atomic E-state index is 11.9. The first-order valence-corrected chi connectivity index (χ1v) is 8.89. The molecule has 128 valence electrons. The van der Waals surface area contributed by atoms with Crippen molar-refractivity contribution in [1.29, 1.82) is 0 Å². The van der Waals surface area contributed by atoms with Crippen LogP contribution in [0.2, 0.25) is 10.0 Å². The van der Waals surface area contributed by atoms with Gasteiger partial charge in [-0.25, -0.2) is 4.79 Å². The number of aryl methyl sites for hydroxylation is 1. The summed E-state index contributed by atoms with van der Waals surface area (Å²) in [5.74, 6) is 0.624. The molecule has 0 fully saturated rings. The van der Waals surface area contributed by atoms with Gasteiger partial charge in [0.05, 0.1) is 11.6 Å². The molecule has 0 saturated heterocycles. The second-order valence-corrected chi connectivity index (χ2v) is 6.88.